The van der Waals surface area contributed by atoms with Crippen LogP contribution in [0.3, 0.4) is 0 Å². The van der Waals surface area contributed by atoms with Gasteiger partial charge in [-0.25, -0.2) is 0 Å². The number of ether oxygens (including phenoxy) is 1. The zero-order valence-electron chi connectivity index (χ0n) is 12.3. The van der Waals surface area contributed by atoms with Crippen LogP contribution in [0.15, 0.2) is 60.7 Å². The molecule has 2 aromatic carbocycles. The molecule has 3 heteroatoms. The minimum Gasteiger partial charge on any atom is -0.346 e. The van der Waals surface area contributed by atoms with E-state index in [9.17, 15) is 4.79 Å². The van der Waals surface area contributed by atoms with Crippen molar-refractivity contribution in [2.24, 2.45) is 0 Å². The van der Waals surface area contributed by atoms with E-state index in [4.69, 9.17) is 4.74 Å². The van der Waals surface area contributed by atoms with Crippen molar-refractivity contribution in [2.75, 3.05) is 7.05 Å². The number of carbonyl (C=O) groups excluding carboxylic acids is 1. The average molecular weight is 281 g/mol. The highest BCUT2D eigenvalue weighted by molar-refractivity contribution is 5.99. The molecule has 3 nitrogen and oxygen atoms in total. The van der Waals surface area contributed by atoms with Gasteiger partial charge >= 0.3 is 0 Å². The van der Waals surface area contributed by atoms with Crippen LogP contribution in [0.2, 0.25) is 0 Å². The average Bonchev–Trinajstić information content (AvgIpc) is 2.84. The molecule has 3 atom stereocenters. The number of hydrogen-bond acceptors (Lipinski definition) is 3. The summed E-state index contributed by atoms with van der Waals surface area (Å²) in [5.41, 5.74) is 1.80. The first-order valence-corrected chi connectivity index (χ1v) is 7.20. The molecule has 2 aromatic rings. The first-order valence-electron chi connectivity index (χ1n) is 7.20. The Labute approximate surface area is 125 Å². The smallest absolute Gasteiger partial charge is 0.206 e. The summed E-state index contributed by atoms with van der Waals surface area (Å²) >= 11 is 0. The van der Waals surface area contributed by atoms with Gasteiger partial charge < -0.3 is 4.74 Å². The fraction of sp³-hybridized carbons (Fsp3) is 0.278. The van der Waals surface area contributed by atoms with Crippen LogP contribution in [0, 0.1) is 0 Å². The molecule has 3 rings (SSSR count). The minimum atomic E-state index is -0.521. The molecule has 0 radical (unpaired) electrons. The molecule has 108 valence electrons. The molecule has 1 aliphatic rings. The van der Waals surface area contributed by atoms with Crippen LogP contribution >= 0.6 is 0 Å². The van der Waals surface area contributed by atoms with E-state index in [1.807, 2.05) is 72.6 Å². The standard InChI is InChI=1S/C18H19NO2/c1-13-17(15-11-7-4-8-12-15)21-18(19(13)2)16(20)14-9-5-3-6-10-14/h3-13,17-18H,1-2H3/t13-,17-,18+/m0/s1. The van der Waals surface area contributed by atoms with Gasteiger partial charge in [-0.15, -0.1) is 0 Å². The van der Waals surface area contributed by atoms with Crippen molar-refractivity contribution >= 4 is 5.78 Å². The van der Waals surface area contributed by atoms with Crippen LogP contribution < -0.4 is 0 Å². The number of hydrogen-bond donors (Lipinski definition) is 0. The van der Waals surface area contributed by atoms with Gasteiger partial charge in [-0.3, -0.25) is 9.69 Å². The molecule has 21 heavy (non-hydrogen) atoms. The Balaban J connectivity index is 1.84. The number of Topliss-reactive ketones (excluding diaryl/α,β-unsaturated/α-hetero) is 1. The summed E-state index contributed by atoms with van der Waals surface area (Å²) < 4.78 is 6.06. The molecule has 1 fully saturated rings. The summed E-state index contributed by atoms with van der Waals surface area (Å²) in [5.74, 6) is 0.0170. The van der Waals surface area contributed by atoms with E-state index in [-0.39, 0.29) is 17.9 Å². The number of benzene rings is 2. The molecule has 0 N–H and O–H groups in total. The maximum Gasteiger partial charge on any atom is 0.206 e. The third-order valence-corrected chi connectivity index (χ3v) is 4.14. The molecule has 0 amide bonds. The highest BCUT2D eigenvalue weighted by atomic mass is 16.5. The predicted octanol–water partition coefficient (Wildman–Crippen LogP) is 3.29. The third-order valence-electron chi connectivity index (χ3n) is 4.14. The van der Waals surface area contributed by atoms with Crippen molar-refractivity contribution in [2.45, 2.75) is 25.3 Å². The lowest BCUT2D eigenvalue weighted by Gasteiger charge is -2.20. The van der Waals surface area contributed by atoms with Crippen LogP contribution in [-0.4, -0.2) is 30.0 Å². The van der Waals surface area contributed by atoms with Crippen LogP contribution in [-0.2, 0) is 4.74 Å². The highest BCUT2D eigenvalue weighted by Crippen LogP contribution is 2.34. The predicted molar refractivity (Wildman–Crippen MR) is 82.1 cm³/mol. The maximum atomic E-state index is 12.6. The van der Waals surface area contributed by atoms with E-state index in [1.54, 1.807) is 0 Å². The van der Waals surface area contributed by atoms with Crippen molar-refractivity contribution in [1.82, 2.24) is 4.90 Å². The van der Waals surface area contributed by atoms with Gasteiger partial charge in [-0.1, -0.05) is 60.7 Å². The van der Waals surface area contributed by atoms with Crippen LogP contribution in [0.25, 0.3) is 0 Å². The molecule has 0 spiro atoms. The second kappa shape index (κ2) is 5.80. The van der Waals surface area contributed by atoms with E-state index in [1.165, 1.54) is 0 Å². The normalized spacial score (nSPS) is 25.9. The molecular weight excluding hydrogens is 262 g/mol. The molecular formula is C18H19NO2. The van der Waals surface area contributed by atoms with E-state index >= 15 is 0 Å². The number of ketones is 1. The quantitative estimate of drug-likeness (QED) is 0.809. The highest BCUT2D eigenvalue weighted by Gasteiger charge is 2.41. The fourth-order valence-corrected chi connectivity index (χ4v) is 2.77. The van der Waals surface area contributed by atoms with Gasteiger partial charge in [-0.05, 0) is 19.5 Å². The molecule has 0 unspecified atom stereocenters. The second-order valence-electron chi connectivity index (χ2n) is 5.46. The van der Waals surface area contributed by atoms with Crippen LogP contribution in [0.1, 0.15) is 28.9 Å². The van der Waals surface area contributed by atoms with Crippen molar-refractivity contribution in [1.29, 1.82) is 0 Å². The Morgan fingerprint density at radius 3 is 2.19 bits per heavy atom. The van der Waals surface area contributed by atoms with Gasteiger partial charge in [0.05, 0.1) is 0 Å². The molecule has 0 saturated carbocycles. The van der Waals surface area contributed by atoms with Gasteiger partial charge in [0.1, 0.15) is 6.10 Å². The Bertz CT molecular complexity index is 612. The lowest BCUT2D eigenvalue weighted by Crippen LogP contribution is -2.37. The zero-order valence-corrected chi connectivity index (χ0v) is 12.3. The number of likely N-dealkylation sites (N-methyl/N-ethyl adjacent to an activating group) is 1. The summed E-state index contributed by atoms with van der Waals surface area (Å²) in [6.45, 7) is 2.09. The molecule has 0 bridgehead atoms. The number of nitrogens with zero attached hydrogens (tertiary/aromatic N) is 1. The SMILES string of the molecule is C[C@H]1[C@@H](c2ccccc2)O[C@H](C(=O)c2ccccc2)N1C. The molecule has 1 heterocycles. The van der Waals surface area contributed by atoms with Crippen molar-refractivity contribution in [3.05, 3.63) is 71.8 Å². The van der Waals surface area contributed by atoms with Gasteiger partial charge in [0.2, 0.25) is 5.78 Å². The summed E-state index contributed by atoms with van der Waals surface area (Å²) in [5, 5.41) is 0. The molecule has 1 aliphatic heterocycles. The lowest BCUT2D eigenvalue weighted by molar-refractivity contribution is 0.0128. The maximum absolute atomic E-state index is 12.6. The molecule has 0 aromatic heterocycles. The Morgan fingerprint density at radius 1 is 1.00 bits per heavy atom. The summed E-state index contributed by atoms with van der Waals surface area (Å²) in [7, 11) is 1.94. The molecule has 1 saturated heterocycles. The van der Waals surface area contributed by atoms with Gasteiger partial charge in [0, 0.05) is 11.6 Å². The first kappa shape index (κ1) is 14.0. The Kier molecular flexibility index (Phi) is 3.86. The summed E-state index contributed by atoms with van der Waals surface area (Å²) in [6.07, 6.45) is -0.596. The van der Waals surface area contributed by atoms with E-state index in [0.717, 1.165) is 5.56 Å². The van der Waals surface area contributed by atoms with Gasteiger partial charge in [0.15, 0.2) is 6.23 Å². The van der Waals surface area contributed by atoms with E-state index in [0.29, 0.717) is 5.56 Å². The van der Waals surface area contributed by atoms with Crippen molar-refractivity contribution in [3.8, 4) is 0 Å². The summed E-state index contributed by atoms with van der Waals surface area (Å²) in [4.78, 5) is 14.6. The van der Waals surface area contributed by atoms with Crippen LogP contribution in [0.4, 0.5) is 0 Å². The van der Waals surface area contributed by atoms with Crippen LogP contribution in [0.5, 0.6) is 0 Å². The van der Waals surface area contributed by atoms with Crippen molar-refractivity contribution in [3.63, 3.8) is 0 Å². The Hall–Kier alpha value is -1.97. The largest absolute Gasteiger partial charge is 0.346 e. The first-order chi connectivity index (χ1) is 10.2. The van der Waals surface area contributed by atoms with E-state index < -0.39 is 6.23 Å². The fourth-order valence-electron chi connectivity index (χ4n) is 2.77. The lowest BCUT2D eigenvalue weighted by atomic mass is 10.0. The minimum absolute atomic E-state index is 0.0170. The topological polar surface area (TPSA) is 29.5 Å². The zero-order chi connectivity index (χ0) is 14.8. The number of carbonyl (C=O) groups is 1. The second-order valence-corrected chi connectivity index (χ2v) is 5.46. The van der Waals surface area contributed by atoms with E-state index in [2.05, 4.69) is 6.92 Å². The number of rotatable bonds is 3. The Morgan fingerprint density at radius 2 is 1.57 bits per heavy atom. The third kappa shape index (κ3) is 2.62. The molecule has 0 aliphatic carbocycles. The van der Waals surface area contributed by atoms with Gasteiger partial charge in [-0.2, -0.15) is 0 Å². The van der Waals surface area contributed by atoms with Gasteiger partial charge in [0.25, 0.3) is 0 Å². The monoisotopic (exact) mass is 281 g/mol. The van der Waals surface area contributed by atoms with Crippen molar-refractivity contribution < 1.29 is 9.53 Å². The summed E-state index contributed by atoms with van der Waals surface area (Å²) in [6, 6.07) is 19.6.